The van der Waals surface area contributed by atoms with Gasteiger partial charge in [0.15, 0.2) is 5.58 Å². The molecule has 1 aromatic heterocycles. The highest BCUT2D eigenvalue weighted by atomic mass is 35.5. The fourth-order valence-corrected chi connectivity index (χ4v) is 5.35. The van der Waals surface area contributed by atoms with E-state index in [1.165, 1.54) is 13.8 Å². The van der Waals surface area contributed by atoms with Crippen LogP contribution in [0.5, 0.6) is 0 Å². The molecule has 8 nitrogen and oxygen atoms in total. The molecule has 0 N–H and O–H groups in total. The van der Waals surface area contributed by atoms with Crippen LogP contribution < -0.4 is 5.76 Å². The lowest BCUT2D eigenvalue weighted by molar-refractivity contribution is -0.135. The minimum absolute atomic E-state index is 0.0663. The first kappa shape index (κ1) is 21.5. The number of fused-ring (bicyclic) bond motifs is 1. The number of benzene rings is 2. The quantitative estimate of drug-likeness (QED) is 0.587. The van der Waals surface area contributed by atoms with Gasteiger partial charge in [-0.2, -0.15) is 4.31 Å². The first-order valence-corrected chi connectivity index (χ1v) is 11.4. The number of hydrogen-bond donors (Lipinski definition) is 0. The number of piperazine rings is 1. The van der Waals surface area contributed by atoms with Gasteiger partial charge in [0.2, 0.25) is 15.9 Å². The van der Waals surface area contributed by atoms with Gasteiger partial charge in [-0.15, -0.1) is 0 Å². The van der Waals surface area contributed by atoms with E-state index in [2.05, 4.69) is 0 Å². The van der Waals surface area contributed by atoms with Crippen LogP contribution in [-0.4, -0.2) is 54.3 Å². The van der Waals surface area contributed by atoms with Crippen LogP contribution in [0.1, 0.15) is 13.0 Å². The van der Waals surface area contributed by atoms with E-state index in [0.29, 0.717) is 11.1 Å². The Morgan fingerprint density at radius 3 is 2.48 bits per heavy atom. The Hall–Kier alpha value is -2.69. The van der Waals surface area contributed by atoms with Crippen molar-refractivity contribution in [3.63, 3.8) is 0 Å². The standard InChI is InChI=1S/C20H19ClFN3O5S/c1-13(25-17-4-2-3-5-18(17)30-20(25)27)19(26)23-8-10-24(11-9-23)31(28,29)14-6-7-16(22)15(21)12-14/h2-7,12-13H,8-11H2,1H3. The highest BCUT2D eigenvalue weighted by molar-refractivity contribution is 7.89. The molecule has 0 aliphatic carbocycles. The molecule has 3 aromatic rings. The summed E-state index contributed by atoms with van der Waals surface area (Å²) in [6.45, 7) is 2.05. The lowest BCUT2D eigenvalue weighted by Crippen LogP contribution is -2.52. The van der Waals surface area contributed by atoms with Crippen molar-refractivity contribution in [3.05, 3.63) is 63.9 Å². The number of para-hydroxylation sites is 2. The summed E-state index contributed by atoms with van der Waals surface area (Å²) in [4.78, 5) is 26.7. The van der Waals surface area contributed by atoms with Gasteiger partial charge < -0.3 is 9.32 Å². The minimum Gasteiger partial charge on any atom is -0.408 e. The van der Waals surface area contributed by atoms with Crippen molar-refractivity contribution in [1.29, 1.82) is 0 Å². The molecule has 1 amide bonds. The van der Waals surface area contributed by atoms with Crippen LogP contribution in [0.15, 0.2) is 56.6 Å². The summed E-state index contributed by atoms with van der Waals surface area (Å²) in [7, 11) is -3.88. The van der Waals surface area contributed by atoms with Crippen molar-refractivity contribution in [3.8, 4) is 0 Å². The van der Waals surface area contributed by atoms with Gasteiger partial charge in [0.1, 0.15) is 11.9 Å². The van der Waals surface area contributed by atoms with Gasteiger partial charge in [0, 0.05) is 26.2 Å². The van der Waals surface area contributed by atoms with Crippen molar-refractivity contribution >= 4 is 38.6 Å². The molecule has 1 atom stereocenters. The van der Waals surface area contributed by atoms with Crippen molar-refractivity contribution in [1.82, 2.24) is 13.8 Å². The molecule has 1 saturated heterocycles. The second kappa shape index (κ2) is 8.10. The smallest absolute Gasteiger partial charge is 0.408 e. The fourth-order valence-electron chi connectivity index (χ4n) is 3.66. The van der Waals surface area contributed by atoms with E-state index in [9.17, 15) is 22.4 Å². The van der Waals surface area contributed by atoms with Gasteiger partial charge in [0.25, 0.3) is 0 Å². The molecule has 11 heteroatoms. The lowest BCUT2D eigenvalue weighted by atomic mass is 10.2. The number of amides is 1. The van der Waals surface area contributed by atoms with E-state index in [1.54, 1.807) is 31.2 Å². The summed E-state index contributed by atoms with van der Waals surface area (Å²) in [5.74, 6) is -1.64. The number of nitrogens with zero attached hydrogens (tertiary/aromatic N) is 3. The molecule has 1 fully saturated rings. The maximum absolute atomic E-state index is 13.4. The second-order valence-electron chi connectivity index (χ2n) is 7.19. The number of rotatable bonds is 4. The Kier molecular flexibility index (Phi) is 5.63. The summed E-state index contributed by atoms with van der Waals surface area (Å²) in [6.07, 6.45) is 0. The van der Waals surface area contributed by atoms with E-state index in [4.69, 9.17) is 16.0 Å². The van der Waals surface area contributed by atoms with E-state index in [1.807, 2.05) is 0 Å². The average Bonchev–Trinajstić information content (AvgIpc) is 3.10. The zero-order chi connectivity index (χ0) is 22.3. The van der Waals surface area contributed by atoms with Crippen molar-refractivity contribution < 1.29 is 22.0 Å². The summed E-state index contributed by atoms with van der Waals surface area (Å²) < 4.78 is 46.7. The third-order valence-electron chi connectivity index (χ3n) is 5.34. The van der Waals surface area contributed by atoms with E-state index < -0.39 is 27.6 Å². The number of halogens is 2. The molecule has 1 aliphatic heterocycles. The Labute approximate surface area is 182 Å². The molecule has 0 spiro atoms. The normalized spacial score (nSPS) is 16.5. The first-order chi connectivity index (χ1) is 14.7. The number of carbonyl (C=O) groups excluding carboxylic acids is 1. The lowest BCUT2D eigenvalue weighted by Gasteiger charge is -2.35. The number of sulfonamides is 1. The SMILES string of the molecule is CC(C(=O)N1CCN(S(=O)(=O)c2ccc(F)c(Cl)c2)CC1)n1c(=O)oc2ccccc21. The van der Waals surface area contributed by atoms with Gasteiger partial charge in [-0.3, -0.25) is 9.36 Å². The highest BCUT2D eigenvalue weighted by Crippen LogP contribution is 2.24. The summed E-state index contributed by atoms with van der Waals surface area (Å²) >= 11 is 5.72. The molecule has 4 rings (SSSR count). The minimum atomic E-state index is -3.88. The Morgan fingerprint density at radius 2 is 1.81 bits per heavy atom. The molecule has 31 heavy (non-hydrogen) atoms. The van der Waals surface area contributed by atoms with Crippen LogP contribution in [-0.2, 0) is 14.8 Å². The second-order valence-corrected chi connectivity index (χ2v) is 9.53. The largest absolute Gasteiger partial charge is 0.420 e. The third kappa shape index (κ3) is 3.86. The average molecular weight is 468 g/mol. The van der Waals surface area contributed by atoms with Crippen LogP contribution in [0.2, 0.25) is 5.02 Å². The van der Waals surface area contributed by atoms with Crippen molar-refractivity contribution in [2.45, 2.75) is 17.9 Å². The third-order valence-corrected chi connectivity index (χ3v) is 7.53. The Bertz CT molecular complexity index is 1310. The molecule has 1 unspecified atom stereocenters. The number of aromatic nitrogens is 1. The number of oxazole rings is 1. The molecular formula is C20H19ClFN3O5S. The highest BCUT2D eigenvalue weighted by Gasteiger charge is 2.33. The predicted octanol–water partition coefficient (Wildman–Crippen LogP) is 2.48. The zero-order valence-corrected chi connectivity index (χ0v) is 18.1. The summed E-state index contributed by atoms with van der Waals surface area (Å²) in [5, 5.41) is -0.276. The topological polar surface area (TPSA) is 92.8 Å². The Balaban J connectivity index is 1.49. The van der Waals surface area contributed by atoms with Gasteiger partial charge in [-0.1, -0.05) is 23.7 Å². The van der Waals surface area contributed by atoms with Gasteiger partial charge in [-0.05, 0) is 37.3 Å². The van der Waals surface area contributed by atoms with Gasteiger partial charge in [-0.25, -0.2) is 17.6 Å². The molecule has 2 heterocycles. The van der Waals surface area contributed by atoms with Gasteiger partial charge in [0.05, 0.1) is 15.4 Å². The van der Waals surface area contributed by atoms with Crippen LogP contribution in [0.3, 0.4) is 0 Å². The zero-order valence-electron chi connectivity index (χ0n) is 16.5. The monoisotopic (exact) mass is 467 g/mol. The number of hydrogen-bond acceptors (Lipinski definition) is 5. The first-order valence-electron chi connectivity index (χ1n) is 9.54. The van der Waals surface area contributed by atoms with Crippen LogP contribution in [0.4, 0.5) is 4.39 Å². The van der Waals surface area contributed by atoms with Crippen LogP contribution in [0, 0.1) is 5.82 Å². The molecule has 1 aliphatic rings. The molecular weight excluding hydrogens is 449 g/mol. The fraction of sp³-hybridized carbons (Fsp3) is 0.300. The maximum Gasteiger partial charge on any atom is 0.420 e. The predicted molar refractivity (Wildman–Crippen MR) is 112 cm³/mol. The van der Waals surface area contributed by atoms with E-state index in [-0.39, 0.29) is 42.0 Å². The molecule has 0 radical (unpaired) electrons. The molecule has 0 bridgehead atoms. The summed E-state index contributed by atoms with van der Waals surface area (Å²) in [5.41, 5.74) is 0.906. The molecule has 0 saturated carbocycles. The van der Waals surface area contributed by atoms with Crippen LogP contribution >= 0.6 is 11.6 Å². The van der Waals surface area contributed by atoms with Gasteiger partial charge >= 0.3 is 5.76 Å². The van der Waals surface area contributed by atoms with Crippen molar-refractivity contribution in [2.24, 2.45) is 0 Å². The molecule has 2 aromatic carbocycles. The van der Waals surface area contributed by atoms with E-state index >= 15 is 0 Å². The van der Waals surface area contributed by atoms with Crippen LogP contribution in [0.25, 0.3) is 11.1 Å². The van der Waals surface area contributed by atoms with Crippen molar-refractivity contribution in [2.75, 3.05) is 26.2 Å². The maximum atomic E-state index is 13.4. The molecule has 164 valence electrons. The Morgan fingerprint density at radius 1 is 1.13 bits per heavy atom. The van der Waals surface area contributed by atoms with E-state index in [0.717, 1.165) is 18.2 Å². The number of carbonyl (C=O) groups is 1. The summed E-state index contributed by atoms with van der Waals surface area (Å²) in [6, 6.07) is 9.25.